The summed E-state index contributed by atoms with van der Waals surface area (Å²) in [5.74, 6) is -0.0318. The molecule has 0 fully saturated rings. The van der Waals surface area contributed by atoms with Crippen LogP contribution in [0.3, 0.4) is 0 Å². The molecule has 2 amide bonds. The van der Waals surface area contributed by atoms with Gasteiger partial charge in [0.05, 0.1) is 13.2 Å². The molecule has 2 aromatic carbocycles. The molecular weight excluding hydrogens is 354 g/mol. The van der Waals surface area contributed by atoms with Crippen LogP contribution in [0.1, 0.15) is 39.4 Å². The first-order chi connectivity index (χ1) is 13.6. The van der Waals surface area contributed by atoms with Gasteiger partial charge in [-0.25, -0.2) is 0 Å². The van der Waals surface area contributed by atoms with Crippen LogP contribution in [-0.2, 0) is 0 Å². The van der Waals surface area contributed by atoms with Crippen LogP contribution in [0.25, 0.3) is 0 Å². The number of nitrogens with zero attached hydrogens (tertiary/aromatic N) is 1. The molecule has 2 N–H and O–H groups in total. The summed E-state index contributed by atoms with van der Waals surface area (Å²) in [6, 6.07) is 19.5. The maximum atomic E-state index is 12.5. The summed E-state index contributed by atoms with van der Waals surface area (Å²) >= 11 is 0. The van der Waals surface area contributed by atoms with Gasteiger partial charge in [-0.3, -0.25) is 14.6 Å². The Kier molecular flexibility index (Phi) is 6.01. The zero-order valence-corrected chi connectivity index (χ0v) is 15.7. The molecule has 1 unspecified atom stereocenters. The van der Waals surface area contributed by atoms with Crippen molar-refractivity contribution in [3.8, 4) is 5.75 Å². The van der Waals surface area contributed by atoms with E-state index >= 15 is 0 Å². The molecular formula is C22H21N3O3. The standard InChI is InChI=1S/C22H21N3O3/c1-15(16-7-4-3-5-8-16)24-22(27)20-13-17(11-12-23-20)21(26)25-18-9-6-10-19(14-18)28-2/h3-15H,1-2H3,(H,24,27)(H,25,26). The number of amides is 2. The largest absolute Gasteiger partial charge is 0.497 e. The average Bonchev–Trinajstić information content (AvgIpc) is 2.74. The number of aromatic nitrogens is 1. The molecule has 3 rings (SSSR count). The van der Waals surface area contributed by atoms with Crippen molar-refractivity contribution >= 4 is 17.5 Å². The van der Waals surface area contributed by atoms with Crippen molar-refractivity contribution in [3.63, 3.8) is 0 Å². The summed E-state index contributed by atoms with van der Waals surface area (Å²) in [4.78, 5) is 29.1. The lowest BCUT2D eigenvalue weighted by molar-refractivity contribution is 0.0935. The normalized spacial score (nSPS) is 11.4. The van der Waals surface area contributed by atoms with E-state index in [-0.39, 0.29) is 23.6 Å². The summed E-state index contributed by atoms with van der Waals surface area (Å²) in [5.41, 5.74) is 2.11. The highest BCUT2D eigenvalue weighted by Gasteiger charge is 2.15. The number of benzene rings is 2. The van der Waals surface area contributed by atoms with E-state index in [1.807, 2.05) is 37.3 Å². The zero-order valence-electron chi connectivity index (χ0n) is 15.7. The highest BCUT2D eigenvalue weighted by Crippen LogP contribution is 2.18. The van der Waals surface area contributed by atoms with Crippen molar-refractivity contribution in [2.75, 3.05) is 12.4 Å². The predicted octanol–water partition coefficient (Wildman–Crippen LogP) is 3.83. The van der Waals surface area contributed by atoms with Crippen molar-refractivity contribution in [3.05, 3.63) is 89.7 Å². The average molecular weight is 375 g/mol. The monoisotopic (exact) mass is 375 g/mol. The first kappa shape index (κ1) is 19.1. The van der Waals surface area contributed by atoms with Gasteiger partial charge in [-0.05, 0) is 36.8 Å². The number of hydrogen-bond acceptors (Lipinski definition) is 4. The molecule has 142 valence electrons. The van der Waals surface area contributed by atoms with E-state index in [1.165, 1.54) is 12.3 Å². The number of carbonyl (C=O) groups excluding carboxylic acids is 2. The van der Waals surface area contributed by atoms with E-state index in [0.717, 1.165) is 5.56 Å². The highest BCUT2D eigenvalue weighted by molar-refractivity contribution is 6.05. The van der Waals surface area contributed by atoms with Gasteiger partial charge in [0.1, 0.15) is 11.4 Å². The molecule has 6 heteroatoms. The minimum Gasteiger partial charge on any atom is -0.497 e. The van der Waals surface area contributed by atoms with Crippen molar-refractivity contribution in [2.45, 2.75) is 13.0 Å². The second-order valence-corrected chi connectivity index (χ2v) is 6.22. The summed E-state index contributed by atoms with van der Waals surface area (Å²) in [5, 5.41) is 5.68. The maximum absolute atomic E-state index is 12.5. The fourth-order valence-corrected chi connectivity index (χ4v) is 2.70. The van der Waals surface area contributed by atoms with Crippen molar-refractivity contribution < 1.29 is 14.3 Å². The molecule has 0 aliphatic heterocycles. The van der Waals surface area contributed by atoms with E-state index in [9.17, 15) is 9.59 Å². The molecule has 0 saturated heterocycles. The van der Waals surface area contributed by atoms with Crippen LogP contribution < -0.4 is 15.4 Å². The molecule has 0 aliphatic carbocycles. The first-order valence-corrected chi connectivity index (χ1v) is 8.84. The Morgan fingerprint density at radius 1 is 0.964 bits per heavy atom. The van der Waals surface area contributed by atoms with E-state index in [1.54, 1.807) is 37.4 Å². The number of anilines is 1. The molecule has 1 aromatic heterocycles. The molecule has 28 heavy (non-hydrogen) atoms. The van der Waals surface area contributed by atoms with Crippen LogP contribution in [0, 0.1) is 0 Å². The quantitative estimate of drug-likeness (QED) is 0.686. The van der Waals surface area contributed by atoms with Crippen LogP contribution in [0.15, 0.2) is 72.9 Å². The Labute approximate surface area is 163 Å². The topological polar surface area (TPSA) is 80.3 Å². The van der Waals surface area contributed by atoms with Crippen LogP contribution in [0.5, 0.6) is 5.75 Å². The van der Waals surface area contributed by atoms with Gasteiger partial charge in [0.2, 0.25) is 0 Å². The van der Waals surface area contributed by atoms with Gasteiger partial charge >= 0.3 is 0 Å². The number of carbonyl (C=O) groups is 2. The molecule has 0 spiro atoms. The zero-order chi connectivity index (χ0) is 19.9. The Bertz CT molecular complexity index is 974. The van der Waals surface area contributed by atoms with Gasteiger partial charge in [-0.15, -0.1) is 0 Å². The summed E-state index contributed by atoms with van der Waals surface area (Å²) in [6.07, 6.45) is 1.45. The SMILES string of the molecule is COc1cccc(NC(=O)c2ccnc(C(=O)NC(C)c3ccccc3)c2)c1. The van der Waals surface area contributed by atoms with E-state index in [4.69, 9.17) is 4.74 Å². The van der Waals surface area contributed by atoms with Crippen molar-refractivity contribution in [1.29, 1.82) is 0 Å². The second-order valence-electron chi connectivity index (χ2n) is 6.22. The molecule has 1 heterocycles. The summed E-state index contributed by atoms with van der Waals surface area (Å²) in [6.45, 7) is 1.90. The minimum atomic E-state index is -0.340. The van der Waals surface area contributed by atoms with Crippen LogP contribution in [-0.4, -0.2) is 23.9 Å². The van der Waals surface area contributed by atoms with Gasteiger partial charge < -0.3 is 15.4 Å². The number of pyridine rings is 1. The Hall–Kier alpha value is -3.67. The van der Waals surface area contributed by atoms with E-state index in [2.05, 4.69) is 15.6 Å². The predicted molar refractivity (Wildman–Crippen MR) is 108 cm³/mol. The summed E-state index contributed by atoms with van der Waals surface area (Å²) in [7, 11) is 1.56. The van der Waals surface area contributed by atoms with Crippen LogP contribution in [0.2, 0.25) is 0 Å². The lowest BCUT2D eigenvalue weighted by Crippen LogP contribution is -2.27. The lowest BCUT2D eigenvalue weighted by atomic mass is 10.1. The third kappa shape index (κ3) is 4.73. The Balaban J connectivity index is 1.70. The maximum Gasteiger partial charge on any atom is 0.270 e. The first-order valence-electron chi connectivity index (χ1n) is 8.84. The lowest BCUT2D eigenvalue weighted by Gasteiger charge is -2.14. The second kappa shape index (κ2) is 8.81. The number of hydrogen-bond donors (Lipinski definition) is 2. The molecule has 0 saturated carbocycles. The van der Waals surface area contributed by atoms with E-state index in [0.29, 0.717) is 17.0 Å². The van der Waals surface area contributed by atoms with Crippen molar-refractivity contribution in [1.82, 2.24) is 10.3 Å². The molecule has 0 radical (unpaired) electrons. The number of rotatable bonds is 6. The Morgan fingerprint density at radius 2 is 1.75 bits per heavy atom. The molecule has 0 bridgehead atoms. The van der Waals surface area contributed by atoms with E-state index < -0.39 is 0 Å². The fraction of sp³-hybridized carbons (Fsp3) is 0.136. The highest BCUT2D eigenvalue weighted by atomic mass is 16.5. The molecule has 0 aliphatic rings. The Morgan fingerprint density at radius 3 is 2.50 bits per heavy atom. The minimum absolute atomic E-state index is 0.176. The van der Waals surface area contributed by atoms with Gasteiger partial charge in [0, 0.05) is 23.5 Å². The molecule has 3 aromatic rings. The van der Waals surface area contributed by atoms with Crippen molar-refractivity contribution in [2.24, 2.45) is 0 Å². The fourth-order valence-electron chi connectivity index (χ4n) is 2.70. The van der Waals surface area contributed by atoms with Crippen LogP contribution in [0.4, 0.5) is 5.69 Å². The number of nitrogens with one attached hydrogen (secondary N) is 2. The molecule has 6 nitrogen and oxygen atoms in total. The smallest absolute Gasteiger partial charge is 0.270 e. The number of methoxy groups -OCH3 is 1. The number of ether oxygens (including phenoxy) is 1. The third-order valence-corrected chi connectivity index (χ3v) is 4.23. The summed E-state index contributed by atoms with van der Waals surface area (Å²) < 4.78 is 5.15. The van der Waals surface area contributed by atoms with Crippen LogP contribution >= 0.6 is 0 Å². The molecule has 1 atom stereocenters. The van der Waals surface area contributed by atoms with Gasteiger partial charge in [-0.2, -0.15) is 0 Å². The van der Waals surface area contributed by atoms with Gasteiger partial charge in [-0.1, -0.05) is 36.4 Å². The van der Waals surface area contributed by atoms with Gasteiger partial charge in [0.25, 0.3) is 11.8 Å². The third-order valence-electron chi connectivity index (χ3n) is 4.23. The van der Waals surface area contributed by atoms with Gasteiger partial charge in [0.15, 0.2) is 0 Å².